The van der Waals surface area contributed by atoms with Crippen LogP contribution in [0, 0.1) is 16.7 Å². The Balaban J connectivity index is 1.48. The van der Waals surface area contributed by atoms with Crippen molar-refractivity contribution in [1.82, 2.24) is 0 Å². The van der Waals surface area contributed by atoms with Crippen molar-refractivity contribution in [2.75, 3.05) is 13.2 Å². The van der Waals surface area contributed by atoms with Crippen molar-refractivity contribution in [2.45, 2.75) is 128 Å². The Kier molecular flexibility index (Phi) is 12.5. The van der Waals surface area contributed by atoms with Gasteiger partial charge < -0.3 is 43.7 Å². The van der Waals surface area contributed by atoms with Gasteiger partial charge in [0, 0.05) is 37.5 Å². The highest BCUT2D eigenvalue weighted by Crippen LogP contribution is 2.64. The summed E-state index contributed by atoms with van der Waals surface area (Å²) in [4.78, 5) is 81.7. The molecule has 2 aromatic carbocycles. The molecule has 1 heterocycles. The maximum Gasteiger partial charge on any atom is 0.348 e. The second-order valence-corrected chi connectivity index (χ2v) is 17.1. The number of hydrogen-bond acceptors (Lipinski definition) is 15. The van der Waals surface area contributed by atoms with Gasteiger partial charge in [-0.2, -0.15) is 0 Å². The number of carbonyl (C=O) groups excluding carboxylic acids is 6. The predicted molar refractivity (Wildman–Crippen MR) is 210 cm³/mol. The molecule has 1 saturated heterocycles. The summed E-state index contributed by atoms with van der Waals surface area (Å²) < 4.78 is 35.0. The molecule has 3 fully saturated rings. The molecule has 4 aliphatic rings. The van der Waals surface area contributed by atoms with E-state index in [-0.39, 0.29) is 36.2 Å². The van der Waals surface area contributed by atoms with Gasteiger partial charge in [0.2, 0.25) is 6.10 Å². The maximum absolute atomic E-state index is 15.0. The average molecular weight is 835 g/mol. The number of ether oxygens (including phenoxy) is 6. The van der Waals surface area contributed by atoms with Gasteiger partial charge in [0.1, 0.15) is 30.0 Å². The van der Waals surface area contributed by atoms with Gasteiger partial charge in [-0.3, -0.25) is 14.4 Å². The number of aliphatic hydroxyl groups is 3. The fourth-order valence-electron chi connectivity index (χ4n) is 9.86. The van der Waals surface area contributed by atoms with Crippen molar-refractivity contribution in [1.29, 1.82) is 0 Å². The molecule has 0 amide bonds. The summed E-state index contributed by atoms with van der Waals surface area (Å²) in [5.41, 5.74) is -6.91. The highest BCUT2D eigenvalue weighted by atomic mass is 16.6. The van der Waals surface area contributed by atoms with E-state index >= 15 is 4.79 Å². The lowest BCUT2D eigenvalue weighted by molar-refractivity contribution is -0.346. The molecule has 60 heavy (non-hydrogen) atoms. The second-order valence-electron chi connectivity index (χ2n) is 17.1. The first-order chi connectivity index (χ1) is 28.2. The van der Waals surface area contributed by atoms with E-state index in [1.807, 2.05) is 0 Å². The van der Waals surface area contributed by atoms with Crippen LogP contribution in [-0.2, 0) is 52.4 Å². The van der Waals surface area contributed by atoms with E-state index in [0.717, 1.165) is 6.92 Å². The van der Waals surface area contributed by atoms with Gasteiger partial charge in [-0.15, -0.1) is 0 Å². The zero-order valence-electron chi connectivity index (χ0n) is 34.9. The van der Waals surface area contributed by atoms with Gasteiger partial charge in [0.25, 0.3) is 0 Å². The molecule has 324 valence electrons. The molecule has 2 saturated carbocycles. The third-order valence-electron chi connectivity index (χ3n) is 13.3. The molecule has 0 aromatic heterocycles. The lowest BCUT2D eigenvalue weighted by Gasteiger charge is -2.67. The van der Waals surface area contributed by atoms with E-state index in [1.165, 1.54) is 26.0 Å². The molecular formula is C45H54O15. The van der Waals surface area contributed by atoms with Crippen molar-refractivity contribution in [3.8, 4) is 0 Å². The number of hydrogen-bond donors (Lipinski definition) is 3. The maximum atomic E-state index is 15.0. The Bertz CT molecular complexity index is 2030. The first-order valence-electron chi connectivity index (χ1n) is 20.3. The van der Waals surface area contributed by atoms with E-state index in [9.17, 15) is 39.3 Å². The van der Waals surface area contributed by atoms with Crippen LogP contribution in [0.15, 0.2) is 71.8 Å². The Labute approximate surface area is 348 Å². The van der Waals surface area contributed by atoms with Gasteiger partial charge in [-0.1, -0.05) is 76.2 Å². The topological polar surface area (TPSA) is 218 Å². The number of fused-ring (bicyclic) bond motifs is 5. The highest BCUT2D eigenvalue weighted by molar-refractivity contribution is 5.94. The average Bonchev–Trinajstić information content (AvgIpc) is 3.20. The number of carbonyl (C=O) groups is 6. The number of aliphatic hydroxyl groups excluding tert-OH is 2. The zero-order valence-corrected chi connectivity index (χ0v) is 34.9. The van der Waals surface area contributed by atoms with Crippen LogP contribution in [-0.4, -0.2) is 112 Å². The summed E-state index contributed by atoms with van der Waals surface area (Å²) in [6, 6.07) is 16.5. The minimum atomic E-state index is -2.35. The molecule has 0 spiro atoms. The molecule has 2 bridgehead atoms. The van der Waals surface area contributed by atoms with Crippen LogP contribution < -0.4 is 0 Å². The fraction of sp³-hybridized carbons (Fsp3) is 0.556. The van der Waals surface area contributed by atoms with Crippen molar-refractivity contribution in [3.63, 3.8) is 0 Å². The summed E-state index contributed by atoms with van der Waals surface area (Å²) in [5, 5.41) is 37.6. The number of esters is 5. The first-order valence-corrected chi connectivity index (χ1v) is 20.3. The molecule has 1 aliphatic heterocycles. The van der Waals surface area contributed by atoms with Gasteiger partial charge >= 0.3 is 29.8 Å². The third-order valence-corrected chi connectivity index (χ3v) is 13.3. The summed E-state index contributed by atoms with van der Waals surface area (Å²) in [6.07, 6.45) is -9.52. The Morgan fingerprint density at radius 3 is 2.15 bits per heavy atom. The Hall–Kier alpha value is -4.96. The molecule has 3 aliphatic carbocycles. The molecule has 11 atom stereocenters. The van der Waals surface area contributed by atoms with E-state index in [4.69, 9.17) is 28.4 Å². The SMILES string of the molecule is CCCC(=O)OCC(=O)O[C@@H](C(=O)O[C@H]1C[C@@]2(O)[C@@H](OC(=O)c3ccccc3)[C@H]3[C@](C)(C(=O)[C@H](O)C(=C1C)C2(C)C)[C@@H](O)CC1OC[C@]13OC(C)=O)[C@@H](C)c1ccccc1. The quantitative estimate of drug-likeness (QED) is 0.158. The molecule has 2 aromatic rings. The summed E-state index contributed by atoms with van der Waals surface area (Å²) in [5.74, 6) is -7.64. The van der Waals surface area contributed by atoms with Crippen LogP contribution in [0.4, 0.5) is 0 Å². The highest BCUT2D eigenvalue weighted by Gasteiger charge is 2.78. The largest absolute Gasteiger partial charge is 0.455 e. The van der Waals surface area contributed by atoms with E-state index in [2.05, 4.69) is 0 Å². The lowest BCUT2D eigenvalue weighted by atomic mass is 9.44. The van der Waals surface area contributed by atoms with Gasteiger partial charge in [-0.25, -0.2) is 14.4 Å². The van der Waals surface area contributed by atoms with Crippen molar-refractivity contribution in [2.24, 2.45) is 16.7 Å². The fourth-order valence-corrected chi connectivity index (χ4v) is 9.86. The molecule has 3 N–H and O–H groups in total. The monoisotopic (exact) mass is 834 g/mol. The molecular weight excluding hydrogens is 780 g/mol. The smallest absolute Gasteiger partial charge is 0.348 e. The van der Waals surface area contributed by atoms with Crippen LogP contribution >= 0.6 is 0 Å². The van der Waals surface area contributed by atoms with Gasteiger partial charge in [0.05, 0.1) is 29.6 Å². The Morgan fingerprint density at radius 2 is 1.57 bits per heavy atom. The van der Waals surface area contributed by atoms with E-state index in [0.29, 0.717) is 12.0 Å². The minimum absolute atomic E-state index is 0.0484. The van der Waals surface area contributed by atoms with Crippen molar-refractivity contribution < 1.29 is 72.5 Å². The van der Waals surface area contributed by atoms with E-state index < -0.39 is 119 Å². The number of Topliss-reactive ketones (excluding diaryl/α,β-unsaturated/α-hetero) is 1. The standard InChI is InChI=1S/C45H54O15/c1-8-15-32(48)55-22-33(49)58-36(24(2)27-16-11-9-12-17-27)41(53)57-29-21-45(54)39(59-40(52)28-18-13-10-14-19-28)37-43(7,38(51)35(50)34(25(29)3)42(45,5)6)30(47)20-31-44(37,23-56-31)60-26(4)46/h9-14,16-19,24,29-31,35-37,39,47,50,54H,8,15,20-23H2,1-7H3/t24-,29-,30-,31?,35+,36+,37-,39-,43+,44-,45+/m0/s1. The predicted octanol–water partition coefficient (Wildman–Crippen LogP) is 3.69. The van der Waals surface area contributed by atoms with Crippen LogP contribution in [0.5, 0.6) is 0 Å². The van der Waals surface area contributed by atoms with Crippen LogP contribution in [0.25, 0.3) is 0 Å². The first kappa shape index (κ1) is 44.6. The lowest BCUT2D eigenvalue weighted by Crippen LogP contribution is -2.81. The van der Waals surface area contributed by atoms with Crippen molar-refractivity contribution in [3.05, 3.63) is 82.9 Å². The molecule has 15 heteroatoms. The zero-order chi connectivity index (χ0) is 43.9. The molecule has 6 rings (SSSR count). The third kappa shape index (κ3) is 7.54. The normalized spacial score (nSPS) is 32.6. The number of benzene rings is 2. The van der Waals surface area contributed by atoms with Gasteiger partial charge in [-0.05, 0) is 49.1 Å². The van der Waals surface area contributed by atoms with E-state index in [1.54, 1.807) is 76.2 Å². The summed E-state index contributed by atoms with van der Waals surface area (Å²) in [6.45, 7) is 9.53. The molecule has 15 nitrogen and oxygen atoms in total. The number of rotatable bonds is 12. The summed E-state index contributed by atoms with van der Waals surface area (Å²) in [7, 11) is 0. The van der Waals surface area contributed by atoms with Crippen LogP contribution in [0.2, 0.25) is 0 Å². The number of ketones is 1. The van der Waals surface area contributed by atoms with Gasteiger partial charge in [0.15, 0.2) is 18.0 Å². The second kappa shape index (κ2) is 16.8. The summed E-state index contributed by atoms with van der Waals surface area (Å²) >= 11 is 0. The Morgan fingerprint density at radius 1 is 0.933 bits per heavy atom. The van der Waals surface area contributed by atoms with Crippen LogP contribution in [0.1, 0.15) is 96.0 Å². The van der Waals surface area contributed by atoms with Crippen molar-refractivity contribution >= 4 is 35.6 Å². The molecule has 1 unspecified atom stereocenters. The van der Waals surface area contributed by atoms with Crippen LogP contribution in [0.3, 0.4) is 0 Å². The minimum Gasteiger partial charge on any atom is -0.455 e. The molecule has 0 radical (unpaired) electrons.